The van der Waals surface area contributed by atoms with Gasteiger partial charge in [0, 0.05) is 132 Å². The molecular formula is C11H24B15O2P2. The fraction of sp³-hybridized carbons (Fsp3) is 0.818. The molecule has 0 aromatic carbocycles. The summed E-state index contributed by atoms with van der Waals surface area (Å²) in [5.41, 5.74) is 0.0956. The average molecular weight is 412 g/mol. The predicted molar refractivity (Wildman–Crippen MR) is 159 cm³/mol. The molecule has 0 fully saturated rings. The summed E-state index contributed by atoms with van der Waals surface area (Å²) >= 11 is 0. The first-order valence-electron chi connectivity index (χ1n) is 10.1. The third-order valence-electron chi connectivity index (χ3n) is 5.01. The second-order valence-corrected chi connectivity index (χ2v) is 8.57. The van der Waals surface area contributed by atoms with Gasteiger partial charge in [0.2, 0.25) is 0 Å². The zero-order chi connectivity index (χ0) is 23.9. The minimum atomic E-state index is -0.754. The molecule has 0 saturated heterocycles. The lowest BCUT2D eigenvalue weighted by Crippen LogP contribution is -2.73. The molecule has 0 aliphatic carbocycles. The van der Waals surface area contributed by atoms with Crippen molar-refractivity contribution < 1.29 is 9.05 Å². The van der Waals surface area contributed by atoms with E-state index in [0.29, 0.717) is 0 Å². The highest BCUT2D eigenvalue weighted by atomic mass is 31.0. The predicted octanol–water partition coefficient (Wildman–Crippen LogP) is -1.97. The highest BCUT2D eigenvalue weighted by Crippen LogP contribution is 2.30. The summed E-state index contributed by atoms with van der Waals surface area (Å²) in [6.45, 7) is 7.25. The maximum Gasteiger partial charge on any atom is 0.0696 e. The van der Waals surface area contributed by atoms with E-state index in [1.165, 1.54) is 7.06 Å². The Kier molecular flexibility index (Phi) is 21.2. The summed E-state index contributed by atoms with van der Waals surface area (Å²) in [4.78, 5) is 0. The van der Waals surface area contributed by atoms with Crippen LogP contribution in [-0.2, 0) is 9.05 Å². The average Bonchev–Trinajstić information content (AvgIpc) is 2.64. The highest BCUT2D eigenvalue weighted by Gasteiger charge is 2.36. The lowest BCUT2D eigenvalue weighted by molar-refractivity contribution is 0.116. The molecule has 0 saturated carbocycles. The second kappa shape index (κ2) is 18.9. The number of hydrogen-bond donors (Lipinski definition) is 0. The SMILES string of the molecule is C/C=C/C(C)(C)C(CCCCOP)OP.[B][B]B([B])B(B([B])[B])B(B([B])[B])B([B])[B]. The van der Waals surface area contributed by atoms with Gasteiger partial charge >= 0.3 is 0 Å². The summed E-state index contributed by atoms with van der Waals surface area (Å²) in [5.74, 6) is 0. The second-order valence-electron chi connectivity index (χ2n) is 7.97. The smallest absolute Gasteiger partial charge is 0.0696 e. The van der Waals surface area contributed by atoms with Gasteiger partial charge in [-0.05, 0) is 26.2 Å². The Balaban J connectivity index is 0. The Bertz CT molecular complexity index is 437. The van der Waals surface area contributed by atoms with Gasteiger partial charge < -0.3 is 9.05 Å². The molecule has 0 aromatic heterocycles. The normalized spacial score (nSPS) is 11.8. The van der Waals surface area contributed by atoms with Crippen LogP contribution < -0.4 is 0 Å². The standard InChI is InChI=1S/C11H24O2P2.B15/c1-4-8-11(2,3)10(13-15)7-5-6-9-12-14;1-9-13(8)15(12(6)7)14(10(2)3)11(4)5/h4,8,10H,5-7,9,14-15H2,1-3H3;/b8-4+;. The van der Waals surface area contributed by atoms with Crippen LogP contribution in [0.1, 0.15) is 40.0 Å². The fourth-order valence-electron chi connectivity index (χ4n) is 3.34. The van der Waals surface area contributed by atoms with Crippen LogP contribution in [-0.4, -0.2) is 120 Å². The molecule has 0 N–H and O–H groups in total. The van der Waals surface area contributed by atoms with Crippen molar-refractivity contribution in [3.05, 3.63) is 12.2 Å². The van der Waals surface area contributed by atoms with Crippen LogP contribution in [0.3, 0.4) is 0 Å². The van der Waals surface area contributed by atoms with Crippen LogP contribution in [0.2, 0.25) is 0 Å². The van der Waals surface area contributed by atoms with E-state index in [0.717, 1.165) is 25.9 Å². The molecule has 2 nitrogen and oxygen atoms in total. The van der Waals surface area contributed by atoms with E-state index < -0.39 is 38.3 Å². The van der Waals surface area contributed by atoms with Gasteiger partial charge in [-0.3, -0.25) is 0 Å². The lowest BCUT2D eigenvalue weighted by Gasteiger charge is -2.35. The van der Waals surface area contributed by atoms with Crippen molar-refractivity contribution in [2.75, 3.05) is 6.61 Å². The first kappa shape index (κ1) is 33.7. The molecule has 0 spiro atoms. The fourth-order valence-corrected chi connectivity index (χ4v) is 3.99. The van der Waals surface area contributed by atoms with Crippen molar-refractivity contribution >= 4 is 126 Å². The van der Waals surface area contributed by atoms with Crippen molar-refractivity contribution in [3.8, 4) is 0 Å². The largest absolute Gasteiger partial charge is 0.366 e. The maximum absolute atomic E-state index is 5.73. The molecule has 30 heavy (non-hydrogen) atoms. The Morgan fingerprint density at radius 3 is 1.77 bits per heavy atom. The summed E-state index contributed by atoms with van der Waals surface area (Å²) in [5, 5.41) is 0. The Labute approximate surface area is 205 Å². The molecule has 0 aliphatic heterocycles. The van der Waals surface area contributed by atoms with Gasteiger partial charge in [-0.2, -0.15) is 0 Å². The number of allylic oxidation sites excluding steroid dienone is 1. The van der Waals surface area contributed by atoms with Crippen LogP contribution >= 0.6 is 18.9 Å². The molecule has 17 radical (unpaired) electrons. The molecule has 3 unspecified atom stereocenters. The van der Waals surface area contributed by atoms with E-state index in [1.54, 1.807) is 0 Å². The zero-order valence-corrected chi connectivity index (χ0v) is 21.0. The topological polar surface area (TPSA) is 18.5 Å². The van der Waals surface area contributed by atoms with Gasteiger partial charge in [-0.25, -0.2) is 0 Å². The van der Waals surface area contributed by atoms with Crippen LogP contribution in [0.25, 0.3) is 0 Å². The van der Waals surface area contributed by atoms with Crippen molar-refractivity contribution in [1.82, 2.24) is 0 Å². The Morgan fingerprint density at radius 2 is 1.43 bits per heavy atom. The van der Waals surface area contributed by atoms with E-state index in [-0.39, 0.29) is 11.5 Å². The van der Waals surface area contributed by atoms with Gasteiger partial charge in [-0.1, -0.05) is 26.0 Å². The van der Waals surface area contributed by atoms with Crippen molar-refractivity contribution in [1.29, 1.82) is 0 Å². The first-order chi connectivity index (χ1) is 13.9. The number of hydrogen-bond acceptors (Lipinski definition) is 2. The molecule has 0 bridgehead atoms. The number of unbranched alkanes of at least 4 members (excludes halogenated alkanes) is 1. The summed E-state index contributed by atoms with van der Waals surface area (Å²) in [7, 11) is 50.4. The van der Waals surface area contributed by atoms with Crippen LogP contribution in [0.15, 0.2) is 12.2 Å². The third-order valence-corrected chi connectivity index (χ3v) is 5.58. The van der Waals surface area contributed by atoms with E-state index >= 15 is 0 Å². The Hall–Kier alpha value is 1.49. The van der Waals surface area contributed by atoms with Gasteiger partial charge in [0.1, 0.15) is 0 Å². The molecule has 0 amide bonds. The summed E-state index contributed by atoms with van der Waals surface area (Å²) < 4.78 is 10.4. The molecule has 0 aromatic rings. The van der Waals surface area contributed by atoms with E-state index in [4.69, 9.17) is 70.9 Å². The highest BCUT2D eigenvalue weighted by molar-refractivity contribution is 8.12. The number of rotatable bonds is 14. The quantitative estimate of drug-likeness (QED) is 0.143. The molecule has 0 rings (SSSR count). The maximum atomic E-state index is 5.73. The summed E-state index contributed by atoms with van der Waals surface area (Å²) in [6, 6.07) is 0. The molecule has 0 aliphatic rings. The van der Waals surface area contributed by atoms with Gasteiger partial charge in [0.05, 0.1) is 12.7 Å². The van der Waals surface area contributed by atoms with E-state index in [1.807, 2.05) is 6.92 Å². The van der Waals surface area contributed by atoms with Gasteiger partial charge in [0.15, 0.2) is 0 Å². The zero-order valence-electron chi connectivity index (χ0n) is 18.7. The van der Waals surface area contributed by atoms with Crippen LogP contribution in [0, 0.1) is 5.41 Å². The van der Waals surface area contributed by atoms with E-state index in [2.05, 4.69) is 44.9 Å². The minimum Gasteiger partial charge on any atom is -0.366 e. The molecular weight excluding hydrogens is 388 g/mol. The van der Waals surface area contributed by atoms with Crippen molar-refractivity contribution in [2.24, 2.45) is 5.41 Å². The lowest BCUT2D eigenvalue weighted by atomic mass is 8.46. The third kappa shape index (κ3) is 13.9. The minimum absolute atomic E-state index is 0.0956. The van der Waals surface area contributed by atoms with Gasteiger partial charge in [0.25, 0.3) is 0 Å². The first-order valence-corrected chi connectivity index (χ1v) is 11.0. The van der Waals surface area contributed by atoms with E-state index in [9.17, 15) is 0 Å². The van der Waals surface area contributed by atoms with Crippen molar-refractivity contribution in [3.63, 3.8) is 0 Å². The molecule has 3 atom stereocenters. The Morgan fingerprint density at radius 1 is 0.933 bits per heavy atom. The summed E-state index contributed by atoms with van der Waals surface area (Å²) in [6.07, 6.45) is 4.05. The van der Waals surface area contributed by atoms with Crippen LogP contribution in [0.4, 0.5) is 0 Å². The van der Waals surface area contributed by atoms with Crippen LogP contribution in [0.5, 0.6) is 0 Å². The molecule has 135 valence electrons. The monoisotopic (exact) mass is 415 g/mol. The molecule has 19 heteroatoms. The van der Waals surface area contributed by atoms with Gasteiger partial charge in [-0.15, -0.1) is 0 Å². The van der Waals surface area contributed by atoms with Crippen molar-refractivity contribution in [2.45, 2.75) is 46.1 Å². The molecule has 0 heterocycles.